The third kappa shape index (κ3) is 3.90. The third-order valence-electron chi connectivity index (χ3n) is 2.55. The number of carbonyl (C=O) groups excluding carboxylic acids is 1. The number of carbonyl (C=O) groups is 1. The highest BCUT2D eigenvalue weighted by Gasteiger charge is 2.13. The van der Waals surface area contributed by atoms with E-state index < -0.39 is 5.91 Å². The van der Waals surface area contributed by atoms with Crippen molar-refractivity contribution in [3.05, 3.63) is 47.8 Å². The van der Waals surface area contributed by atoms with Crippen LogP contribution in [-0.2, 0) is 6.54 Å². The molecule has 1 heterocycles. The first-order valence-corrected chi connectivity index (χ1v) is 6.09. The van der Waals surface area contributed by atoms with E-state index in [4.69, 9.17) is 17.2 Å². The molecule has 0 radical (unpaired) electrons. The fraction of sp³-hybridized carbons (Fsp3) is 0.0769. The van der Waals surface area contributed by atoms with Crippen LogP contribution in [0.4, 0.5) is 11.6 Å². The van der Waals surface area contributed by atoms with E-state index in [1.807, 2.05) is 30.3 Å². The van der Waals surface area contributed by atoms with Gasteiger partial charge in [-0.3, -0.25) is 10.1 Å². The van der Waals surface area contributed by atoms with E-state index in [2.05, 4.69) is 20.3 Å². The molecule has 2 rings (SSSR count). The highest BCUT2D eigenvalue weighted by molar-refractivity contribution is 6.06. The normalized spacial score (nSPS) is 11.1. The SMILES string of the molecule is NC(=NCc1ccccc1)NC(=O)c1ncc(N)nc1N. The zero-order chi connectivity index (χ0) is 15.2. The summed E-state index contributed by atoms with van der Waals surface area (Å²) < 4.78 is 0. The van der Waals surface area contributed by atoms with Crippen molar-refractivity contribution in [2.45, 2.75) is 6.54 Å². The first-order chi connectivity index (χ1) is 10.1. The summed E-state index contributed by atoms with van der Waals surface area (Å²) >= 11 is 0. The van der Waals surface area contributed by atoms with Crippen LogP contribution in [-0.4, -0.2) is 21.8 Å². The van der Waals surface area contributed by atoms with Crippen LogP contribution in [0.1, 0.15) is 16.1 Å². The molecule has 1 aromatic carbocycles. The summed E-state index contributed by atoms with van der Waals surface area (Å²) in [6.07, 6.45) is 1.24. The fourth-order valence-corrected chi connectivity index (χ4v) is 1.57. The van der Waals surface area contributed by atoms with Gasteiger partial charge in [-0.2, -0.15) is 0 Å². The number of nitrogen functional groups attached to an aromatic ring is 2. The molecule has 21 heavy (non-hydrogen) atoms. The van der Waals surface area contributed by atoms with Gasteiger partial charge in [0, 0.05) is 0 Å². The number of amides is 1. The molecule has 0 atom stereocenters. The Bertz CT molecular complexity index is 669. The van der Waals surface area contributed by atoms with Gasteiger partial charge in [0.2, 0.25) is 0 Å². The molecule has 0 aliphatic rings. The van der Waals surface area contributed by atoms with Gasteiger partial charge in [-0.1, -0.05) is 30.3 Å². The smallest absolute Gasteiger partial charge is 0.280 e. The van der Waals surface area contributed by atoms with E-state index in [0.29, 0.717) is 6.54 Å². The molecule has 0 bridgehead atoms. The number of nitrogens with two attached hydrogens (primary N) is 3. The van der Waals surface area contributed by atoms with E-state index in [1.165, 1.54) is 6.20 Å². The molecule has 8 nitrogen and oxygen atoms in total. The van der Waals surface area contributed by atoms with Gasteiger partial charge >= 0.3 is 0 Å². The first kappa shape index (κ1) is 14.3. The minimum absolute atomic E-state index is 0.0260. The number of hydrogen-bond acceptors (Lipinski definition) is 6. The van der Waals surface area contributed by atoms with Crippen LogP contribution < -0.4 is 22.5 Å². The third-order valence-corrected chi connectivity index (χ3v) is 2.55. The van der Waals surface area contributed by atoms with Crippen LogP contribution in [0.25, 0.3) is 0 Å². The maximum absolute atomic E-state index is 11.9. The van der Waals surface area contributed by atoms with Crippen LogP contribution in [0.15, 0.2) is 41.5 Å². The number of nitrogens with zero attached hydrogens (tertiary/aromatic N) is 3. The minimum atomic E-state index is -0.589. The lowest BCUT2D eigenvalue weighted by Gasteiger charge is -2.06. The monoisotopic (exact) mass is 285 g/mol. The van der Waals surface area contributed by atoms with Crippen molar-refractivity contribution in [3.8, 4) is 0 Å². The van der Waals surface area contributed by atoms with Gasteiger partial charge in [-0.05, 0) is 5.56 Å². The molecule has 0 saturated heterocycles. The molecule has 1 aromatic heterocycles. The molecule has 108 valence electrons. The molecular formula is C13H15N7O. The quantitative estimate of drug-likeness (QED) is 0.457. The summed E-state index contributed by atoms with van der Waals surface area (Å²) in [4.78, 5) is 23.5. The van der Waals surface area contributed by atoms with Crippen LogP contribution in [0.5, 0.6) is 0 Å². The van der Waals surface area contributed by atoms with Crippen molar-refractivity contribution in [1.29, 1.82) is 0 Å². The summed E-state index contributed by atoms with van der Waals surface area (Å²) in [7, 11) is 0. The predicted molar refractivity (Wildman–Crippen MR) is 80.1 cm³/mol. The summed E-state index contributed by atoms with van der Waals surface area (Å²) in [6, 6.07) is 9.50. The average Bonchev–Trinajstić information content (AvgIpc) is 2.46. The fourth-order valence-electron chi connectivity index (χ4n) is 1.57. The highest BCUT2D eigenvalue weighted by Crippen LogP contribution is 2.06. The molecular weight excluding hydrogens is 270 g/mol. The Morgan fingerprint density at radius 1 is 1.24 bits per heavy atom. The number of guanidine groups is 1. The number of hydrogen-bond donors (Lipinski definition) is 4. The summed E-state index contributed by atoms with van der Waals surface area (Å²) in [6.45, 7) is 0.357. The van der Waals surface area contributed by atoms with E-state index in [9.17, 15) is 4.79 Å². The number of rotatable bonds is 3. The first-order valence-electron chi connectivity index (χ1n) is 6.09. The average molecular weight is 285 g/mol. The number of aliphatic imine (C=N–C) groups is 1. The molecule has 7 N–H and O–H groups in total. The Morgan fingerprint density at radius 3 is 2.62 bits per heavy atom. The van der Waals surface area contributed by atoms with Gasteiger partial charge in [0.25, 0.3) is 5.91 Å². The number of nitrogens with one attached hydrogen (secondary N) is 1. The lowest BCUT2D eigenvalue weighted by Crippen LogP contribution is -2.37. The maximum atomic E-state index is 11.9. The predicted octanol–water partition coefficient (Wildman–Crippen LogP) is -0.114. The van der Waals surface area contributed by atoms with Crippen LogP contribution in [0, 0.1) is 0 Å². The van der Waals surface area contributed by atoms with Gasteiger partial charge in [-0.15, -0.1) is 0 Å². The summed E-state index contributed by atoms with van der Waals surface area (Å²) in [5.74, 6) is -0.547. The topological polar surface area (TPSA) is 145 Å². The molecule has 0 aliphatic carbocycles. The summed E-state index contributed by atoms with van der Waals surface area (Å²) in [5, 5.41) is 2.39. The van der Waals surface area contributed by atoms with Crippen molar-refractivity contribution in [3.63, 3.8) is 0 Å². The van der Waals surface area contributed by atoms with Crippen molar-refractivity contribution >= 4 is 23.5 Å². The van der Waals surface area contributed by atoms with Gasteiger partial charge < -0.3 is 17.2 Å². The van der Waals surface area contributed by atoms with Crippen molar-refractivity contribution in [2.75, 3.05) is 11.5 Å². The number of aromatic nitrogens is 2. The second-order valence-corrected chi connectivity index (χ2v) is 4.17. The molecule has 0 fully saturated rings. The van der Waals surface area contributed by atoms with Crippen molar-refractivity contribution in [1.82, 2.24) is 15.3 Å². The summed E-state index contributed by atoms with van der Waals surface area (Å²) in [5.41, 5.74) is 17.5. The van der Waals surface area contributed by atoms with Crippen LogP contribution >= 0.6 is 0 Å². The molecule has 8 heteroatoms. The minimum Gasteiger partial charge on any atom is -0.382 e. The molecule has 0 saturated carbocycles. The molecule has 0 unspecified atom stereocenters. The second-order valence-electron chi connectivity index (χ2n) is 4.17. The Labute approximate surface area is 121 Å². The van der Waals surface area contributed by atoms with E-state index in [-0.39, 0.29) is 23.3 Å². The largest absolute Gasteiger partial charge is 0.382 e. The van der Waals surface area contributed by atoms with Gasteiger partial charge in [0.05, 0.1) is 12.7 Å². The molecule has 2 aromatic rings. The van der Waals surface area contributed by atoms with Crippen LogP contribution in [0.2, 0.25) is 0 Å². The maximum Gasteiger partial charge on any atom is 0.280 e. The lowest BCUT2D eigenvalue weighted by atomic mass is 10.2. The Kier molecular flexibility index (Phi) is 4.30. The van der Waals surface area contributed by atoms with E-state index in [1.54, 1.807) is 0 Å². The molecule has 1 amide bonds. The molecule has 0 aliphatic heterocycles. The highest BCUT2D eigenvalue weighted by atomic mass is 16.2. The van der Waals surface area contributed by atoms with Crippen molar-refractivity contribution < 1.29 is 4.79 Å². The van der Waals surface area contributed by atoms with E-state index >= 15 is 0 Å². The van der Waals surface area contributed by atoms with Gasteiger partial charge in [0.1, 0.15) is 5.82 Å². The van der Waals surface area contributed by atoms with Gasteiger partial charge in [-0.25, -0.2) is 15.0 Å². The number of anilines is 2. The Balaban J connectivity index is 2.01. The van der Waals surface area contributed by atoms with E-state index in [0.717, 1.165) is 5.56 Å². The zero-order valence-corrected chi connectivity index (χ0v) is 11.2. The number of benzene rings is 1. The van der Waals surface area contributed by atoms with Crippen LogP contribution in [0.3, 0.4) is 0 Å². The Morgan fingerprint density at radius 2 is 1.95 bits per heavy atom. The second kappa shape index (κ2) is 6.33. The van der Waals surface area contributed by atoms with Crippen molar-refractivity contribution in [2.24, 2.45) is 10.7 Å². The van der Waals surface area contributed by atoms with Gasteiger partial charge in [0.15, 0.2) is 17.5 Å². The lowest BCUT2D eigenvalue weighted by molar-refractivity contribution is 0.0972. The Hall–Kier alpha value is -3.16. The standard InChI is InChI=1S/C13H15N7O/c14-9-7-17-10(11(15)19-9)12(21)20-13(16)18-6-8-4-2-1-3-5-8/h1-5,7H,6H2,(H4,14,15,19)(H3,16,18,20,21). The molecule has 0 spiro atoms. The zero-order valence-electron chi connectivity index (χ0n) is 11.2.